The number of halogens is 1. The lowest BCUT2D eigenvalue weighted by Crippen LogP contribution is -1.97. The molecule has 1 heterocycles. The lowest BCUT2D eigenvalue weighted by molar-refractivity contribution is 0.0697. The number of rotatable bonds is 3. The molecule has 0 amide bonds. The molecule has 2 aromatic carbocycles. The van der Waals surface area contributed by atoms with Gasteiger partial charge in [0.1, 0.15) is 11.5 Å². The fourth-order valence-electron chi connectivity index (χ4n) is 2.28. The lowest BCUT2D eigenvalue weighted by Gasteiger charge is -2.07. The summed E-state index contributed by atoms with van der Waals surface area (Å²) >= 11 is 5.95. The summed E-state index contributed by atoms with van der Waals surface area (Å²) in [7, 11) is 0. The molecular weight excluding hydrogens is 304 g/mol. The van der Waals surface area contributed by atoms with Gasteiger partial charge in [0.2, 0.25) is 0 Å². The van der Waals surface area contributed by atoms with Crippen LogP contribution in [-0.4, -0.2) is 11.1 Å². The third-order valence-corrected chi connectivity index (χ3v) is 3.88. The van der Waals surface area contributed by atoms with Crippen LogP contribution >= 0.6 is 11.6 Å². The molecule has 0 aliphatic carbocycles. The minimum atomic E-state index is -1.07. The quantitative estimate of drug-likeness (QED) is 0.722. The summed E-state index contributed by atoms with van der Waals surface area (Å²) in [6.45, 7) is 3.89. The standard InChI is InChI=1S/C17H13ClO4/c1-9-10(2)21-16-12(9)4-3-5-15(16)22-11-6-7-13(17(19)20)14(18)8-11/h3-8H,1-2H3,(H,19,20). The Labute approximate surface area is 131 Å². The Morgan fingerprint density at radius 1 is 1.23 bits per heavy atom. The first kappa shape index (κ1) is 14.5. The second-order valence-electron chi connectivity index (χ2n) is 4.96. The lowest BCUT2D eigenvalue weighted by atomic mass is 10.1. The van der Waals surface area contributed by atoms with E-state index in [2.05, 4.69) is 0 Å². The van der Waals surface area contributed by atoms with Gasteiger partial charge in [-0.25, -0.2) is 4.79 Å². The van der Waals surface area contributed by atoms with E-state index < -0.39 is 5.97 Å². The summed E-state index contributed by atoms with van der Waals surface area (Å²) < 4.78 is 11.5. The largest absolute Gasteiger partial charge is 0.478 e. The number of para-hydroxylation sites is 1. The highest BCUT2D eigenvalue weighted by molar-refractivity contribution is 6.33. The van der Waals surface area contributed by atoms with Gasteiger partial charge < -0.3 is 14.3 Å². The van der Waals surface area contributed by atoms with Gasteiger partial charge in [0, 0.05) is 11.5 Å². The van der Waals surface area contributed by atoms with E-state index >= 15 is 0 Å². The van der Waals surface area contributed by atoms with E-state index in [0.29, 0.717) is 17.1 Å². The Kier molecular flexibility index (Phi) is 3.54. The van der Waals surface area contributed by atoms with Crippen LogP contribution in [0, 0.1) is 13.8 Å². The molecule has 0 bridgehead atoms. The molecule has 0 aliphatic heterocycles. The molecule has 0 saturated heterocycles. The zero-order valence-corrected chi connectivity index (χ0v) is 12.8. The van der Waals surface area contributed by atoms with Gasteiger partial charge in [0.05, 0.1) is 10.6 Å². The first-order valence-corrected chi connectivity index (χ1v) is 7.04. The first-order chi connectivity index (χ1) is 10.5. The van der Waals surface area contributed by atoms with Gasteiger partial charge in [-0.15, -0.1) is 0 Å². The van der Waals surface area contributed by atoms with Gasteiger partial charge in [-0.05, 0) is 37.6 Å². The third-order valence-electron chi connectivity index (χ3n) is 3.56. The van der Waals surface area contributed by atoms with Crippen molar-refractivity contribution in [2.45, 2.75) is 13.8 Å². The molecular formula is C17H13ClO4. The number of hydrogen-bond acceptors (Lipinski definition) is 3. The average molecular weight is 317 g/mol. The molecule has 3 rings (SSSR count). The van der Waals surface area contributed by atoms with Gasteiger partial charge in [0.15, 0.2) is 11.3 Å². The Morgan fingerprint density at radius 2 is 2.00 bits per heavy atom. The number of furan rings is 1. The molecule has 3 aromatic rings. The predicted octanol–water partition coefficient (Wildman–Crippen LogP) is 5.19. The molecule has 22 heavy (non-hydrogen) atoms. The van der Waals surface area contributed by atoms with Crippen LogP contribution in [0.4, 0.5) is 0 Å². The summed E-state index contributed by atoms with van der Waals surface area (Å²) in [4.78, 5) is 11.0. The molecule has 0 radical (unpaired) electrons. The number of aromatic carboxylic acids is 1. The van der Waals surface area contributed by atoms with Gasteiger partial charge in [0.25, 0.3) is 0 Å². The smallest absolute Gasteiger partial charge is 0.337 e. The van der Waals surface area contributed by atoms with Crippen LogP contribution in [0.1, 0.15) is 21.7 Å². The van der Waals surface area contributed by atoms with Crippen molar-refractivity contribution in [1.29, 1.82) is 0 Å². The number of ether oxygens (including phenoxy) is 1. The minimum absolute atomic E-state index is 0.0388. The maximum Gasteiger partial charge on any atom is 0.337 e. The summed E-state index contributed by atoms with van der Waals surface area (Å²) in [5, 5.41) is 10.1. The van der Waals surface area contributed by atoms with E-state index in [4.69, 9.17) is 25.9 Å². The van der Waals surface area contributed by atoms with Crippen LogP contribution in [0.2, 0.25) is 5.02 Å². The summed E-state index contributed by atoms with van der Waals surface area (Å²) in [5.74, 6) is 0.781. The topological polar surface area (TPSA) is 59.7 Å². The molecule has 0 fully saturated rings. The summed E-state index contributed by atoms with van der Waals surface area (Å²) in [6, 6.07) is 10.1. The molecule has 1 aromatic heterocycles. The fraction of sp³-hybridized carbons (Fsp3) is 0.118. The van der Waals surface area contributed by atoms with E-state index in [-0.39, 0.29) is 10.6 Å². The zero-order chi connectivity index (χ0) is 15.9. The minimum Gasteiger partial charge on any atom is -0.478 e. The normalized spacial score (nSPS) is 10.9. The first-order valence-electron chi connectivity index (χ1n) is 6.67. The van der Waals surface area contributed by atoms with Crippen LogP contribution in [0.25, 0.3) is 11.0 Å². The third kappa shape index (κ3) is 2.42. The predicted molar refractivity (Wildman–Crippen MR) is 84.2 cm³/mol. The van der Waals surface area contributed by atoms with Gasteiger partial charge in [-0.3, -0.25) is 0 Å². The van der Waals surface area contributed by atoms with E-state index in [0.717, 1.165) is 16.7 Å². The Bertz CT molecular complexity index is 880. The number of hydrogen-bond donors (Lipinski definition) is 1. The number of carbonyl (C=O) groups is 1. The number of fused-ring (bicyclic) bond motifs is 1. The van der Waals surface area contributed by atoms with E-state index in [1.165, 1.54) is 12.1 Å². The van der Waals surface area contributed by atoms with Crippen molar-refractivity contribution in [3.8, 4) is 11.5 Å². The van der Waals surface area contributed by atoms with Crippen molar-refractivity contribution in [2.75, 3.05) is 0 Å². The summed E-state index contributed by atoms with van der Waals surface area (Å²) in [6.07, 6.45) is 0. The molecule has 0 saturated carbocycles. The maximum atomic E-state index is 11.0. The van der Waals surface area contributed by atoms with E-state index in [9.17, 15) is 4.79 Å². The van der Waals surface area contributed by atoms with Crippen molar-refractivity contribution in [2.24, 2.45) is 0 Å². The molecule has 1 N–H and O–H groups in total. The average Bonchev–Trinajstić information content (AvgIpc) is 2.76. The maximum absolute atomic E-state index is 11.0. The Hall–Kier alpha value is -2.46. The van der Waals surface area contributed by atoms with Crippen molar-refractivity contribution in [3.05, 3.63) is 58.3 Å². The van der Waals surface area contributed by atoms with Gasteiger partial charge >= 0.3 is 5.97 Å². The van der Waals surface area contributed by atoms with Gasteiger partial charge in [-0.1, -0.05) is 23.7 Å². The van der Waals surface area contributed by atoms with Gasteiger partial charge in [-0.2, -0.15) is 0 Å². The van der Waals surface area contributed by atoms with Crippen LogP contribution in [-0.2, 0) is 0 Å². The van der Waals surface area contributed by atoms with Crippen molar-refractivity contribution in [3.63, 3.8) is 0 Å². The molecule has 0 spiro atoms. The highest BCUT2D eigenvalue weighted by atomic mass is 35.5. The highest BCUT2D eigenvalue weighted by Gasteiger charge is 2.14. The second kappa shape index (κ2) is 5.39. The molecule has 4 nitrogen and oxygen atoms in total. The molecule has 0 aliphatic rings. The summed E-state index contributed by atoms with van der Waals surface area (Å²) in [5.41, 5.74) is 1.77. The number of carboxylic acid groups (broad SMARTS) is 1. The SMILES string of the molecule is Cc1oc2c(Oc3ccc(C(=O)O)c(Cl)c3)cccc2c1C. The second-order valence-corrected chi connectivity index (χ2v) is 5.37. The van der Waals surface area contributed by atoms with Crippen molar-refractivity contribution >= 4 is 28.5 Å². The molecule has 0 unspecified atom stereocenters. The number of benzene rings is 2. The zero-order valence-electron chi connectivity index (χ0n) is 12.0. The number of carboxylic acids is 1. The van der Waals surface area contributed by atoms with Crippen LogP contribution < -0.4 is 4.74 Å². The van der Waals surface area contributed by atoms with Crippen LogP contribution in [0.3, 0.4) is 0 Å². The fourth-order valence-corrected chi connectivity index (χ4v) is 2.53. The van der Waals surface area contributed by atoms with E-state index in [1.807, 2.05) is 26.0 Å². The monoisotopic (exact) mass is 316 g/mol. The van der Waals surface area contributed by atoms with Crippen LogP contribution in [0.5, 0.6) is 11.5 Å². The highest BCUT2D eigenvalue weighted by Crippen LogP contribution is 2.35. The van der Waals surface area contributed by atoms with Crippen molar-refractivity contribution < 1.29 is 19.1 Å². The van der Waals surface area contributed by atoms with Crippen LogP contribution in [0.15, 0.2) is 40.8 Å². The van der Waals surface area contributed by atoms with E-state index in [1.54, 1.807) is 12.1 Å². The molecule has 0 atom stereocenters. The molecule has 112 valence electrons. The number of aryl methyl sites for hydroxylation is 2. The molecule has 5 heteroatoms. The van der Waals surface area contributed by atoms with Crippen molar-refractivity contribution in [1.82, 2.24) is 0 Å². The Morgan fingerprint density at radius 3 is 2.68 bits per heavy atom. The Balaban J connectivity index is 2.02.